The van der Waals surface area contributed by atoms with Crippen LogP contribution in [0.4, 0.5) is 4.79 Å². The Hall–Kier alpha value is -3.02. The number of carboxylic acid groups (broad SMARTS) is 1. The van der Waals surface area contributed by atoms with E-state index in [0.717, 1.165) is 23.3 Å². The van der Waals surface area contributed by atoms with Crippen LogP contribution >= 0.6 is 0 Å². The number of methoxy groups -OCH3 is 1. The van der Waals surface area contributed by atoms with Crippen LogP contribution in [0.1, 0.15) is 43.4 Å². The molecule has 0 aliphatic heterocycles. The molecule has 156 valence electrons. The molecule has 2 rings (SSSR count). The molecule has 2 atom stereocenters. The first-order valence-corrected chi connectivity index (χ1v) is 9.88. The number of aliphatic carboxylic acids is 1. The number of carboxylic acids is 1. The summed E-state index contributed by atoms with van der Waals surface area (Å²) in [7, 11) is 3.38. The summed E-state index contributed by atoms with van der Waals surface area (Å²) in [5.41, 5.74) is 2.00. The minimum atomic E-state index is -0.869. The van der Waals surface area contributed by atoms with Gasteiger partial charge in [0.15, 0.2) is 0 Å². The fourth-order valence-corrected chi connectivity index (χ4v) is 3.48. The number of benzene rings is 2. The maximum Gasteiger partial charge on any atom is 0.317 e. The van der Waals surface area contributed by atoms with E-state index in [1.54, 1.807) is 19.1 Å². The van der Waals surface area contributed by atoms with Crippen LogP contribution in [0, 0.1) is 0 Å². The Balaban J connectivity index is 2.13. The Morgan fingerprint density at radius 1 is 1.10 bits per heavy atom. The zero-order chi connectivity index (χ0) is 21.2. The highest BCUT2D eigenvalue weighted by Crippen LogP contribution is 2.30. The maximum atomic E-state index is 13.0. The number of nitrogens with one attached hydrogen (secondary N) is 1. The fourth-order valence-electron chi connectivity index (χ4n) is 3.48. The highest BCUT2D eigenvalue weighted by atomic mass is 16.5. The standard InChI is InChI=1S/C23H30N2O4/c1-4-20(19-12-8-9-13-21(19)29-3)25(2)23(28)24-18(14-15-22(26)27)16-17-10-6-5-7-11-17/h5-13,18,20H,4,14-16H2,1-3H3,(H,24,28)(H,26,27). The zero-order valence-electron chi connectivity index (χ0n) is 17.3. The number of nitrogens with zero attached hydrogens (tertiary/aromatic N) is 1. The normalized spacial score (nSPS) is 12.7. The fraction of sp³-hybridized carbons (Fsp3) is 0.391. The predicted molar refractivity (Wildman–Crippen MR) is 113 cm³/mol. The summed E-state index contributed by atoms with van der Waals surface area (Å²) in [5, 5.41) is 12.1. The molecule has 2 amide bonds. The Morgan fingerprint density at radius 2 is 1.76 bits per heavy atom. The summed E-state index contributed by atoms with van der Waals surface area (Å²) in [6.07, 6.45) is 1.68. The van der Waals surface area contributed by atoms with Gasteiger partial charge in [0.25, 0.3) is 0 Å². The molecule has 2 N–H and O–H groups in total. The SMILES string of the molecule is CCC(c1ccccc1OC)N(C)C(=O)NC(CCC(=O)O)Cc1ccccc1. The molecule has 0 aliphatic carbocycles. The quantitative estimate of drug-likeness (QED) is 0.627. The molecule has 0 radical (unpaired) electrons. The van der Waals surface area contributed by atoms with Gasteiger partial charge in [-0.3, -0.25) is 4.79 Å². The van der Waals surface area contributed by atoms with Crippen LogP contribution in [-0.4, -0.2) is 42.2 Å². The molecule has 0 aliphatic rings. The average Bonchev–Trinajstić information content (AvgIpc) is 2.73. The molecule has 0 spiro atoms. The predicted octanol–water partition coefficient (Wildman–Crippen LogP) is 4.26. The van der Waals surface area contributed by atoms with Crippen molar-refractivity contribution in [3.8, 4) is 5.75 Å². The number of carbonyl (C=O) groups is 2. The van der Waals surface area contributed by atoms with Gasteiger partial charge < -0.3 is 20.1 Å². The highest BCUT2D eigenvalue weighted by molar-refractivity contribution is 5.75. The van der Waals surface area contributed by atoms with Crippen LogP contribution in [0.2, 0.25) is 0 Å². The van der Waals surface area contributed by atoms with Crippen LogP contribution < -0.4 is 10.1 Å². The number of para-hydroxylation sites is 1. The average molecular weight is 399 g/mol. The van der Waals surface area contributed by atoms with Crippen LogP contribution in [-0.2, 0) is 11.2 Å². The third kappa shape index (κ3) is 6.52. The third-order valence-electron chi connectivity index (χ3n) is 5.03. The summed E-state index contributed by atoms with van der Waals surface area (Å²) in [6.45, 7) is 2.02. The van der Waals surface area contributed by atoms with Crippen molar-refractivity contribution in [1.29, 1.82) is 0 Å². The lowest BCUT2D eigenvalue weighted by atomic mass is 10.0. The van der Waals surface area contributed by atoms with Gasteiger partial charge in [-0.1, -0.05) is 55.5 Å². The van der Waals surface area contributed by atoms with E-state index in [2.05, 4.69) is 5.32 Å². The van der Waals surface area contributed by atoms with Crippen molar-refractivity contribution in [2.45, 2.75) is 44.7 Å². The Bertz CT molecular complexity index is 794. The van der Waals surface area contributed by atoms with E-state index in [4.69, 9.17) is 9.84 Å². The van der Waals surface area contributed by atoms with E-state index in [1.165, 1.54) is 0 Å². The maximum absolute atomic E-state index is 13.0. The van der Waals surface area contributed by atoms with Crippen molar-refractivity contribution >= 4 is 12.0 Å². The molecule has 29 heavy (non-hydrogen) atoms. The molecule has 6 nitrogen and oxygen atoms in total. The number of hydrogen-bond acceptors (Lipinski definition) is 3. The van der Waals surface area contributed by atoms with Crippen molar-refractivity contribution in [3.63, 3.8) is 0 Å². The molecule has 0 aromatic heterocycles. The highest BCUT2D eigenvalue weighted by Gasteiger charge is 2.25. The second-order valence-electron chi connectivity index (χ2n) is 7.05. The van der Waals surface area contributed by atoms with Gasteiger partial charge in [0.2, 0.25) is 0 Å². The summed E-state index contributed by atoms with van der Waals surface area (Å²) in [6, 6.07) is 16.8. The smallest absolute Gasteiger partial charge is 0.317 e. The van der Waals surface area contributed by atoms with Crippen molar-refractivity contribution in [1.82, 2.24) is 10.2 Å². The molecule has 2 unspecified atom stereocenters. The molecular formula is C23H30N2O4. The lowest BCUT2D eigenvalue weighted by Crippen LogP contribution is -2.45. The second kappa shape index (κ2) is 11.1. The van der Waals surface area contributed by atoms with Crippen LogP contribution in [0.5, 0.6) is 5.75 Å². The van der Waals surface area contributed by atoms with Gasteiger partial charge >= 0.3 is 12.0 Å². The second-order valence-corrected chi connectivity index (χ2v) is 7.05. The van der Waals surface area contributed by atoms with Crippen molar-refractivity contribution in [2.75, 3.05) is 14.2 Å². The monoisotopic (exact) mass is 398 g/mol. The van der Waals surface area contributed by atoms with Gasteiger partial charge in [-0.25, -0.2) is 4.79 Å². The summed E-state index contributed by atoms with van der Waals surface area (Å²) in [5.74, 6) is -0.128. The van der Waals surface area contributed by atoms with E-state index in [1.807, 2.05) is 61.5 Å². The van der Waals surface area contributed by atoms with Gasteiger partial charge in [-0.2, -0.15) is 0 Å². The molecular weight excluding hydrogens is 368 g/mol. The lowest BCUT2D eigenvalue weighted by molar-refractivity contribution is -0.137. The third-order valence-corrected chi connectivity index (χ3v) is 5.03. The first kappa shape index (κ1) is 22.3. The number of hydrogen-bond donors (Lipinski definition) is 2. The van der Waals surface area contributed by atoms with Crippen molar-refractivity contribution in [2.24, 2.45) is 0 Å². The molecule has 0 bridgehead atoms. The first-order valence-electron chi connectivity index (χ1n) is 9.88. The summed E-state index contributed by atoms with van der Waals surface area (Å²) >= 11 is 0. The number of rotatable bonds is 10. The first-order chi connectivity index (χ1) is 14.0. The molecule has 0 fully saturated rings. The van der Waals surface area contributed by atoms with E-state index >= 15 is 0 Å². The topological polar surface area (TPSA) is 78.9 Å². The zero-order valence-corrected chi connectivity index (χ0v) is 17.3. The van der Waals surface area contributed by atoms with E-state index in [9.17, 15) is 9.59 Å². The van der Waals surface area contributed by atoms with Gasteiger partial charge in [0, 0.05) is 25.1 Å². The number of amides is 2. The van der Waals surface area contributed by atoms with E-state index in [-0.39, 0.29) is 24.5 Å². The Kier molecular flexibility index (Phi) is 8.52. The van der Waals surface area contributed by atoms with E-state index < -0.39 is 5.97 Å². The van der Waals surface area contributed by atoms with Crippen molar-refractivity contribution in [3.05, 3.63) is 65.7 Å². The molecule has 6 heteroatoms. The van der Waals surface area contributed by atoms with Gasteiger partial charge in [-0.05, 0) is 30.9 Å². The molecule has 0 heterocycles. The van der Waals surface area contributed by atoms with Crippen LogP contribution in [0.3, 0.4) is 0 Å². The van der Waals surface area contributed by atoms with Gasteiger partial charge in [-0.15, -0.1) is 0 Å². The number of urea groups is 1. The molecule has 0 saturated heterocycles. The Labute approximate surface area is 172 Å². The Morgan fingerprint density at radius 3 is 2.38 bits per heavy atom. The molecule has 0 saturated carbocycles. The lowest BCUT2D eigenvalue weighted by Gasteiger charge is -2.31. The van der Waals surface area contributed by atoms with Gasteiger partial charge in [0.05, 0.1) is 13.2 Å². The summed E-state index contributed by atoms with van der Waals surface area (Å²) in [4.78, 5) is 25.7. The summed E-state index contributed by atoms with van der Waals surface area (Å²) < 4.78 is 5.46. The van der Waals surface area contributed by atoms with E-state index in [0.29, 0.717) is 12.8 Å². The number of ether oxygens (including phenoxy) is 1. The van der Waals surface area contributed by atoms with Crippen molar-refractivity contribution < 1.29 is 19.4 Å². The minimum Gasteiger partial charge on any atom is -0.496 e. The van der Waals surface area contributed by atoms with Gasteiger partial charge in [0.1, 0.15) is 5.75 Å². The molecule has 2 aromatic carbocycles. The largest absolute Gasteiger partial charge is 0.496 e. The number of carbonyl (C=O) groups excluding carboxylic acids is 1. The minimum absolute atomic E-state index is 0.00517. The molecule has 2 aromatic rings. The van der Waals surface area contributed by atoms with Crippen LogP contribution in [0.15, 0.2) is 54.6 Å². The van der Waals surface area contributed by atoms with Crippen LogP contribution in [0.25, 0.3) is 0 Å².